The number of benzene rings is 1. The van der Waals surface area contributed by atoms with Gasteiger partial charge in [-0.3, -0.25) is 14.9 Å². The zero-order valence-corrected chi connectivity index (χ0v) is 20.8. The summed E-state index contributed by atoms with van der Waals surface area (Å²) in [5.41, 5.74) is -7.45. The van der Waals surface area contributed by atoms with E-state index in [-0.39, 0.29) is 12.5 Å². The Morgan fingerprint density at radius 1 is 1.02 bits per heavy atom. The Hall–Kier alpha value is -4.34. The largest absolute Gasteiger partial charge is 0.465 e. The molecule has 41 heavy (non-hydrogen) atoms. The van der Waals surface area contributed by atoms with Crippen LogP contribution in [0.15, 0.2) is 40.8 Å². The lowest BCUT2D eigenvalue weighted by Gasteiger charge is -2.32. The van der Waals surface area contributed by atoms with Gasteiger partial charge in [-0.05, 0) is 18.1 Å². The molecule has 1 aromatic carbocycles. The SMILES string of the molecule is O=C1CCCC(=O)c2nc(c(NC(=O)O)cc2C(F)(F)F)-c2nnc(o2)C(OCc2ccccc2)(C(F)(F)F)CC1. The molecule has 2 aromatic heterocycles. The molecule has 16 heteroatoms. The highest BCUT2D eigenvalue weighted by molar-refractivity contribution is 5.98. The van der Waals surface area contributed by atoms with Crippen molar-refractivity contribution in [3.63, 3.8) is 0 Å². The molecule has 3 heterocycles. The minimum absolute atomic E-state index is 0.257. The van der Waals surface area contributed by atoms with Crippen molar-refractivity contribution in [1.82, 2.24) is 15.2 Å². The van der Waals surface area contributed by atoms with Gasteiger partial charge in [0, 0.05) is 25.7 Å². The van der Waals surface area contributed by atoms with E-state index in [0.717, 1.165) is 0 Å². The van der Waals surface area contributed by atoms with Crippen LogP contribution in [0.1, 0.15) is 59.6 Å². The number of hydrogen-bond acceptors (Lipinski definition) is 8. The summed E-state index contributed by atoms with van der Waals surface area (Å²) in [5, 5.41) is 17.7. The van der Waals surface area contributed by atoms with Crippen LogP contribution in [-0.4, -0.2) is 44.1 Å². The molecule has 4 bridgehead atoms. The molecule has 1 aliphatic heterocycles. The van der Waals surface area contributed by atoms with Crippen molar-refractivity contribution >= 4 is 23.3 Å². The van der Waals surface area contributed by atoms with E-state index in [9.17, 15) is 40.7 Å². The first-order valence-electron chi connectivity index (χ1n) is 12.0. The molecular formula is C25H20F6N4O6. The predicted octanol–water partition coefficient (Wildman–Crippen LogP) is 5.93. The second-order valence-corrected chi connectivity index (χ2v) is 9.04. The third-order valence-electron chi connectivity index (χ3n) is 6.21. The molecule has 1 amide bonds. The van der Waals surface area contributed by atoms with E-state index in [1.807, 2.05) is 0 Å². The highest BCUT2D eigenvalue weighted by Gasteiger charge is 2.61. The Labute approximate surface area is 226 Å². The summed E-state index contributed by atoms with van der Waals surface area (Å²) in [7, 11) is 0. The Bertz CT molecular complexity index is 1460. The van der Waals surface area contributed by atoms with Crippen molar-refractivity contribution in [3.05, 3.63) is 59.1 Å². The maximum atomic E-state index is 14.7. The number of carboxylic acid groups (broad SMARTS) is 1. The number of pyridine rings is 1. The Balaban J connectivity index is 1.93. The molecule has 0 spiro atoms. The van der Waals surface area contributed by atoms with Crippen LogP contribution < -0.4 is 5.32 Å². The van der Waals surface area contributed by atoms with Crippen molar-refractivity contribution in [1.29, 1.82) is 0 Å². The average molecular weight is 586 g/mol. The van der Waals surface area contributed by atoms with Crippen molar-refractivity contribution in [3.8, 4) is 11.6 Å². The zero-order valence-electron chi connectivity index (χ0n) is 20.8. The normalized spacial score (nSPS) is 18.6. The summed E-state index contributed by atoms with van der Waals surface area (Å²) < 4.78 is 96.3. The molecule has 0 aliphatic carbocycles. The highest BCUT2D eigenvalue weighted by Crippen LogP contribution is 2.47. The molecule has 4 rings (SSSR count). The molecule has 0 fully saturated rings. The summed E-state index contributed by atoms with van der Waals surface area (Å²) in [5.74, 6) is -3.97. The fourth-order valence-electron chi connectivity index (χ4n) is 4.17. The quantitative estimate of drug-likeness (QED) is 0.355. The van der Waals surface area contributed by atoms with E-state index in [1.54, 1.807) is 23.5 Å². The average Bonchev–Trinajstić information content (AvgIpc) is 3.37. The van der Waals surface area contributed by atoms with E-state index < -0.39 is 102 Å². The number of halogens is 6. The van der Waals surface area contributed by atoms with Crippen LogP contribution in [0, 0.1) is 0 Å². The molecule has 0 saturated heterocycles. The molecule has 1 atom stereocenters. The van der Waals surface area contributed by atoms with Crippen molar-refractivity contribution in [2.24, 2.45) is 0 Å². The molecule has 0 saturated carbocycles. The minimum atomic E-state index is -5.24. The van der Waals surface area contributed by atoms with E-state index in [1.165, 1.54) is 12.1 Å². The number of ether oxygens (including phenoxy) is 1. The lowest BCUT2D eigenvalue weighted by atomic mass is 9.93. The van der Waals surface area contributed by atoms with Crippen LogP contribution >= 0.6 is 0 Å². The molecule has 3 aromatic rings. The smallest absolute Gasteiger partial charge is 0.426 e. The number of anilines is 1. The van der Waals surface area contributed by atoms with Gasteiger partial charge in [-0.1, -0.05) is 30.3 Å². The van der Waals surface area contributed by atoms with Gasteiger partial charge in [0.25, 0.3) is 11.8 Å². The van der Waals surface area contributed by atoms with Gasteiger partial charge in [-0.15, -0.1) is 10.2 Å². The van der Waals surface area contributed by atoms with Gasteiger partial charge in [0.15, 0.2) is 11.5 Å². The lowest BCUT2D eigenvalue weighted by molar-refractivity contribution is -0.299. The van der Waals surface area contributed by atoms with Crippen LogP contribution in [-0.2, 0) is 27.9 Å². The van der Waals surface area contributed by atoms with Gasteiger partial charge < -0.3 is 14.3 Å². The van der Waals surface area contributed by atoms with E-state index in [2.05, 4.69) is 15.2 Å². The van der Waals surface area contributed by atoms with Gasteiger partial charge >= 0.3 is 18.4 Å². The monoisotopic (exact) mass is 586 g/mol. The van der Waals surface area contributed by atoms with E-state index >= 15 is 0 Å². The first kappa shape index (κ1) is 29.6. The molecule has 1 aliphatic rings. The fourth-order valence-corrected chi connectivity index (χ4v) is 4.17. The summed E-state index contributed by atoms with van der Waals surface area (Å²) in [6, 6.07) is 8.00. The third-order valence-corrected chi connectivity index (χ3v) is 6.21. The van der Waals surface area contributed by atoms with E-state index in [0.29, 0.717) is 5.56 Å². The molecular weight excluding hydrogens is 566 g/mol. The lowest BCUT2D eigenvalue weighted by Crippen LogP contribution is -2.45. The summed E-state index contributed by atoms with van der Waals surface area (Å²) in [6.07, 6.45) is -15.2. The van der Waals surface area contributed by atoms with Crippen molar-refractivity contribution in [2.75, 3.05) is 5.32 Å². The number of ketones is 2. The molecule has 218 valence electrons. The Morgan fingerprint density at radius 3 is 2.37 bits per heavy atom. The van der Waals surface area contributed by atoms with Crippen LogP contribution in [0.5, 0.6) is 0 Å². The van der Waals surface area contributed by atoms with Gasteiger partial charge in [-0.25, -0.2) is 9.78 Å². The first-order valence-corrected chi connectivity index (χ1v) is 12.0. The number of nitrogens with zero attached hydrogens (tertiary/aromatic N) is 3. The number of alkyl halides is 6. The number of Topliss-reactive ketones (excluding diaryl/α,β-unsaturated/α-hetero) is 2. The summed E-state index contributed by atoms with van der Waals surface area (Å²) in [4.78, 5) is 40.2. The second-order valence-electron chi connectivity index (χ2n) is 9.04. The number of nitrogens with one attached hydrogen (secondary N) is 1. The predicted molar refractivity (Wildman–Crippen MR) is 126 cm³/mol. The van der Waals surface area contributed by atoms with Crippen LogP contribution in [0.3, 0.4) is 0 Å². The van der Waals surface area contributed by atoms with Gasteiger partial charge in [0.1, 0.15) is 11.5 Å². The van der Waals surface area contributed by atoms with Crippen LogP contribution in [0.2, 0.25) is 0 Å². The number of fused-ring (bicyclic) bond motifs is 5. The number of hydrogen-bond donors (Lipinski definition) is 2. The van der Waals surface area contributed by atoms with Crippen molar-refractivity contribution < 1.29 is 55.0 Å². The number of aromatic nitrogens is 3. The molecule has 1 unspecified atom stereocenters. The van der Waals surface area contributed by atoms with Gasteiger partial charge in [-0.2, -0.15) is 26.3 Å². The number of carbonyl (C=O) groups is 3. The van der Waals surface area contributed by atoms with Crippen molar-refractivity contribution in [2.45, 2.75) is 56.7 Å². The maximum absolute atomic E-state index is 14.7. The highest BCUT2D eigenvalue weighted by atomic mass is 19.4. The fraction of sp³-hybridized carbons (Fsp3) is 0.360. The topological polar surface area (TPSA) is 145 Å². The number of amides is 1. The zero-order chi connectivity index (χ0) is 30.0. The van der Waals surface area contributed by atoms with Crippen LogP contribution in [0.4, 0.5) is 36.8 Å². The molecule has 2 N–H and O–H groups in total. The minimum Gasteiger partial charge on any atom is -0.465 e. The number of carbonyl (C=O) groups excluding carboxylic acids is 2. The Kier molecular flexibility index (Phi) is 8.15. The Morgan fingerprint density at radius 2 is 1.73 bits per heavy atom. The molecule has 0 radical (unpaired) electrons. The van der Waals surface area contributed by atoms with Crippen LogP contribution in [0.25, 0.3) is 11.6 Å². The van der Waals surface area contributed by atoms with E-state index in [4.69, 9.17) is 14.3 Å². The standard InChI is InChI=1S/C25H20F6N4O6/c26-24(27,28)15-11-16(32-22(38)39)19-20-34-35-21(41-20)23(25(29,30)31,40-12-13-5-2-1-3-6-13)10-9-14(36)7-4-8-17(37)18(15)33-19/h1-3,5-6,11,32H,4,7-10,12H2,(H,38,39). The third kappa shape index (κ3) is 6.37. The van der Waals surface area contributed by atoms with Gasteiger partial charge in [0.05, 0.1) is 17.9 Å². The van der Waals surface area contributed by atoms with Gasteiger partial charge in [0.2, 0.25) is 5.60 Å². The first-order chi connectivity index (χ1) is 19.2. The number of rotatable bonds is 4. The summed E-state index contributed by atoms with van der Waals surface area (Å²) in [6.45, 7) is -0.602. The maximum Gasteiger partial charge on any atom is 0.426 e. The summed E-state index contributed by atoms with van der Waals surface area (Å²) >= 11 is 0. The second kappa shape index (κ2) is 11.3. The molecule has 10 nitrogen and oxygen atoms in total.